The Hall–Kier alpha value is -0.590. The van der Waals surface area contributed by atoms with Gasteiger partial charge in [-0.15, -0.1) is 0 Å². The van der Waals surface area contributed by atoms with Crippen LogP contribution >= 0.6 is 15.9 Å². The van der Waals surface area contributed by atoms with Gasteiger partial charge in [0.1, 0.15) is 6.61 Å². The molecule has 0 amide bonds. The van der Waals surface area contributed by atoms with E-state index in [9.17, 15) is 13.2 Å². The zero-order valence-corrected chi connectivity index (χ0v) is 11.3. The van der Waals surface area contributed by atoms with Crippen molar-refractivity contribution in [3.8, 4) is 0 Å². The second-order valence-electron chi connectivity index (χ2n) is 4.07. The first-order valence-corrected chi connectivity index (χ1v) is 6.29. The lowest BCUT2D eigenvalue weighted by molar-refractivity contribution is -0.176. The second kappa shape index (κ2) is 7.11. The molecule has 6 heteroatoms. The summed E-state index contributed by atoms with van der Waals surface area (Å²) in [7, 11) is 0. The van der Waals surface area contributed by atoms with Crippen LogP contribution in [0.3, 0.4) is 0 Å². The Bertz CT molecular complexity index is 371. The number of halogens is 4. The topological polar surface area (TPSA) is 35.2 Å². The van der Waals surface area contributed by atoms with E-state index in [0.717, 1.165) is 10.0 Å². The minimum atomic E-state index is -4.28. The second-order valence-corrected chi connectivity index (χ2v) is 4.98. The van der Waals surface area contributed by atoms with Gasteiger partial charge in [-0.2, -0.15) is 13.2 Å². The molecule has 0 saturated heterocycles. The maximum Gasteiger partial charge on any atom is 0.411 e. The van der Waals surface area contributed by atoms with Crippen molar-refractivity contribution in [1.82, 2.24) is 0 Å². The van der Waals surface area contributed by atoms with Crippen LogP contribution in [0.2, 0.25) is 0 Å². The van der Waals surface area contributed by atoms with Crippen LogP contribution in [-0.2, 0) is 11.2 Å². The molecule has 0 aromatic heterocycles. The fraction of sp³-hybridized carbons (Fsp3) is 0.500. The predicted molar refractivity (Wildman–Crippen MR) is 67.3 cm³/mol. The van der Waals surface area contributed by atoms with Crippen LogP contribution in [-0.4, -0.2) is 25.9 Å². The van der Waals surface area contributed by atoms with Gasteiger partial charge in [-0.1, -0.05) is 28.1 Å². The lowest BCUT2D eigenvalue weighted by Gasteiger charge is -2.16. The molecule has 18 heavy (non-hydrogen) atoms. The summed E-state index contributed by atoms with van der Waals surface area (Å²) >= 11 is 3.34. The summed E-state index contributed by atoms with van der Waals surface area (Å²) in [6, 6.07) is 7.61. The molecule has 2 nitrogen and oxygen atoms in total. The molecule has 0 spiro atoms. The highest BCUT2D eigenvalue weighted by Gasteiger charge is 2.27. The number of alkyl halides is 3. The zero-order valence-electron chi connectivity index (χ0n) is 9.71. The van der Waals surface area contributed by atoms with Crippen LogP contribution < -0.4 is 5.73 Å². The quantitative estimate of drug-likeness (QED) is 0.872. The largest absolute Gasteiger partial charge is 0.411 e. The molecule has 0 fully saturated rings. The first-order chi connectivity index (χ1) is 8.40. The monoisotopic (exact) mass is 325 g/mol. The molecule has 1 aromatic carbocycles. The molecule has 0 saturated carbocycles. The highest BCUT2D eigenvalue weighted by Crippen LogP contribution is 2.17. The summed E-state index contributed by atoms with van der Waals surface area (Å²) in [4.78, 5) is 0. The third-order valence-electron chi connectivity index (χ3n) is 2.37. The third kappa shape index (κ3) is 6.37. The molecule has 1 rings (SSSR count). The van der Waals surface area contributed by atoms with Gasteiger partial charge >= 0.3 is 6.18 Å². The van der Waals surface area contributed by atoms with Gasteiger partial charge < -0.3 is 10.5 Å². The van der Waals surface area contributed by atoms with Crippen molar-refractivity contribution in [2.75, 3.05) is 19.8 Å². The van der Waals surface area contributed by atoms with Crippen LogP contribution in [0.1, 0.15) is 5.56 Å². The van der Waals surface area contributed by atoms with Crippen LogP contribution in [0.5, 0.6) is 0 Å². The maximum absolute atomic E-state index is 11.9. The SMILES string of the molecule is NCC(COCC(F)(F)F)Cc1cccc(Br)c1. The smallest absolute Gasteiger partial charge is 0.372 e. The molecule has 1 atom stereocenters. The van der Waals surface area contributed by atoms with E-state index >= 15 is 0 Å². The van der Waals surface area contributed by atoms with E-state index in [2.05, 4.69) is 20.7 Å². The molecule has 1 aromatic rings. The molecule has 0 radical (unpaired) electrons. The van der Waals surface area contributed by atoms with Crippen LogP contribution in [0.25, 0.3) is 0 Å². The number of rotatable bonds is 6. The average Bonchev–Trinajstić information content (AvgIpc) is 2.26. The van der Waals surface area contributed by atoms with Crippen molar-refractivity contribution in [1.29, 1.82) is 0 Å². The number of nitrogens with two attached hydrogens (primary N) is 1. The lowest BCUT2D eigenvalue weighted by Crippen LogP contribution is -2.25. The summed E-state index contributed by atoms with van der Waals surface area (Å²) in [6.45, 7) is -0.908. The Kier molecular flexibility index (Phi) is 6.11. The minimum Gasteiger partial charge on any atom is -0.372 e. The highest BCUT2D eigenvalue weighted by molar-refractivity contribution is 9.10. The third-order valence-corrected chi connectivity index (χ3v) is 2.86. The van der Waals surface area contributed by atoms with Gasteiger partial charge in [0.15, 0.2) is 0 Å². The molecular weight excluding hydrogens is 311 g/mol. The van der Waals surface area contributed by atoms with Gasteiger partial charge in [0.2, 0.25) is 0 Å². The molecule has 102 valence electrons. The number of hydrogen-bond acceptors (Lipinski definition) is 2. The number of benzene rings is 1. The number of ether oxygens (including phenoxy) is 1. The zero-order chi connectivity index (χ0) is 13.6. The Morgan fingerprint density at radius 1 is 1.33 bits per heavy atom. The van der Waals surface area contributed by atoms with Gasteiger partial charge in [-0.3, -0.25) is 0 Å². The van der Waals surface area contributed by atoms with Crippen molar-refractivity contribution in [2.45, 2.75) is 12.6 Å². The van der Waals surface area contributed by atoms with E-state index in [1.807, 2.05) is 24.3 Å². The first-order valence-electron chi connectivity index (χ1n) is 5.49. The van der Waals surface area contributed by atoms with Crippen LogP contribution in [0.4, 0.5) is 13.2 Å². The Balaban J connectivity index is 2.42. The summed E-state index contributed by atoms with van der Waals surface area (Å²) in [6.07, 6.45) is -3.68. The first kappa shape index (κ1) is 15.5. The molecule has 0 aliphatic heterocycles. The molecule has 2 N–H and O–H groups in total. The van der Waals surface area contributed by atoms with Crippen molar-refractivity contribution >= 4 is 15.9 Å². The molecule has 0 bridgehead atoms. The maximum atomic E-state index is 11.9. The molecule has 0 heterocycles. The fourth-order valence-corrected chi connectivity index (χ4v) is 2.00. The van der Waals surface area contributed by atoms with Crippen LogP contribution in [0.15, 0.2) is 28.7 Å². The van der Waals surface area contributed by atoms with E-state index < -0.39 is 12.8 Å². The van der Waals surface area contributed by atoms with Crippen molar-refractivity contribution in [3.05, 3.63) is 34.3 Å². The minimum absolute atomic E-state index is 0.0164. The van der Waals surface area contributed by atoms with Crippen LogP contribution in [0, 0.1) is 5.92 Å². The van der Waals surface area contributed by atoms with Gasteiger partial charge in [0.25, 0.3) is 0 Å². The summed E-state index contributed by atoms with van der Waals surface area (Å²) < 4.78 is 41.4. The highest BCUT2D eigenvalue weighted by atomic mass is 79.9. The summed E-state index contributed by atoms with van der Waals surface area (Å²) in [5.74, 6) is -0.110. The fourth-order valence-electron chi connectivity index (χ4n) is 1.55. The summed E-state index contributed by atoms with van der Waals surface area (Å²) in [5, 5.41) is 0. The number of hydrogen-bond donors (Lipinski definition) is 1. The average molecular weight is 326 g/mol. The van der Waals surface area contributed by atoms with E-state index in [1.54, 1.807) is 0 Å². The van der Waals surface area contributed by atoms with E-state index in [4.69, 9.17) is 5.73 Å². The Morgan fingerprint density at radius 2 is 2.06 bits per heavy atom. The summed E-state index contributed by atoms with van der Waals surface area (Å²) in [5.41, 5.74) is 6.56. The Morgan fingerprint density at radius 3 is 2.61 bits per heavy atom. The van der Waals surface area contributed by atoms with E-state index in [-0.39, 0.29) is 12.5 Å². The molecule has 0 aliphatic rings. The predicted octanol–water partition coefficient (Wildman–Crippen LogP) is 3.15. The Labute approximate surface area is 112 Å². The van der Waals surface area contributed by atoms with Gasteiger partial charge in [-0.25, -0.2) is 0 Å². The molecule has 0 aliphatic carbocycles. The van der Waals surface area contributed by atoms with Crippen molar-refractivity contribution in [3.63, 3.8) is 0 Å². The normalized spacial score (nSPS) is 13.6. The van der Waals surface area contributed by atoms with Gasteiger partial charge in [0.05, 0.1) is 6.61 Å². The van der Waals surface area contributed by atoms with E-state index in [0.29, 0.717) is 13.0 Å². The van der Waals surface area contributed by atoms with Gasteiger partial charge in [-0.05, 0) is 36.6 Å². The molecule has 1 unspecified atom stereocenters. The van der Waals surface area contributed by atoms with Crippen molar-refractivity contribution < 1.29 is 17.9 Å². The van der Waals surface area contributed by atoms with Crippen molar-refractivity contribution in [2.24, 2.45) is 11.7 Å². The standard InChI is InChI=1S/C12H15BrF3NO/c13-11-3-1-2-9(5-11)4-10(6-17)7-18-8-12(14,15)16/h1-3,5,10H,4,6-8,17H2. The van der Waals surface area contributed by atoms with E-state index in [1.165, 1.54) is 0 Å². The van der Waals surface area contributed by atoms with Gasteiger partial charge in [0, 0.05) is 4.47 Å². The molecular formula is C12H15BrF3NO. The lowest BCUT2D eigenvalue weighted by atomic mass is 10.0.